The predicted molar refractivity (Wildman–Crippen MR) is 131 cm³/mol. The molecular formula is C26H25N2S2+. The molecule has 0 atom stereocenters. The minimum absolute atomic E-state index is 0.955. The summed E-state index contributed by atoms with van der Waals surface area (Å²) in [6.45, 7) is 8.55. The second-order valence-corrected chi connectivity index (χ2v) is 9.63. The lowest BCUT2D eigenvalue weighted by molar-refractivity contribution is -0.669. The van der Waals surface area contributed by atoms with Crippen molar-refractivity contribution in [3.63, 3.8) is 0 Å². The highest BCUT2D eigenvalue weighted by Crippen LogP contribution is 2.53. The zero-order chi connectivity index (χ0) is 20.7. The third-order valence-corrected chi connectivity index (χ3v) is 8.00. The Morgan fingerprint density at radius 1 is 0.967 bits per heavy atom. The number of aryl methyl sites for hydroxylation is 2. The number of nitrogens with zero attached hydrogens (tertiary/aromatic N) is 2. The van der Waals surface area contributed by atoms with Crippen LogP contribution in [0.25, 0.3) is 27.4 Å². The number of thiophene rings is 1. The Morgan fingerprint density at radius 3 is 2.57 bits per heavy atom. The van der Waals surface area contributed by atoms with Crippen LogP contribution in [0.3, 0.4) is 0 Å². The number of fused-ring (bicyclic) bond motifs is 2. The summed E-state index contributed by atoms with van der Waals surface area (Å²) < 4.78 is 2.41. The van der Waals surface area contributed by atoms with Gasteiger partial charge in [-0.2, -0.15) is 4.57 Å². The van der Waals surface area contributed by atoms with E-state index in [9.17, 15) is 0 Å². The van der Waals surface area contributed by atoms with Crippen molar-refractivity contribution >= 4 is 45.1 Å². The lowest BCUT2D eigenvalue weighted by Crippen LogP contribution is -2.37. The molecule has 0 unspecified atom stereocenters. The van der Waals surface area contributed by atoms with Gasteiger partial charge in [-0.3, -0.25) is 0 Å². The van der Waals surface area contributed by atoms with Crippen molar-refractivity contribution < 1.29 is 4.57 Å². The first-order valence-electron chi connectivity index (χ1n) is 10.5. The molecule has 2 aromatic carbocycles. The molecule has 2 aromatic heterocycles. The minimum atomic E-state index is 0.955. The van der Waals surface area contributed by atoms with Crippen molar-refractivity contribution in [2.45, 2.75) is 32.2 Å². The van der Waals surface area contributed by atoms with Gasteiger partial charge in [0.25, 0.3) is 0 Å². The van der Waals surface area contributed by atoms with Crippen LogP contribution in [0.1, 0.15) is 25.1 Å². The highest BCUT2D eigenvalue weighted by atomic mass is 32.2. The predicted octanol–water partition coefficient (Wildman–Crippen LogP) is 7.11. The summed E-state index contributed by atoms with van der Waals surface area (Å²) in [7, 11) is 0. The van der Waals surface area contributed by atoms with E-state index in [0.29, 0.717) is 0 Å². The van der Waals surface area contributed by atoms with Crippen LogP contribution >= 0.6 is 23.1 Å². The molecule has 1 aliphatic heterocycles. The molecule has 0 aliphatic carbocycles. The molecule has 150 valence electrons. The molecule has 0 fully saturated rings. The van der Waals surface area contributed by atoms with Gasteiger partial charge in [0.15, 0.2) is 0 Å². The summed E-state index contributed by atoms with van der Waals surface area (Å²) in [4.78, 5) is 5.16. The van der Waals surface area contributed by atoms with Gasteiger partial charge in [-0.15, -0.1) is 11.3 Å². The van der Waals surface area contributed by atoms with Gasteiger partial charge >= 0.3 is 0 Å². The number of anilines is 1. The quantitative estimate of drug-likeness (QED) is 0.319. The number of thioether (sulfide) groups is 1. The van der Waals surface area contributed by atoms with E-state index < -0.39 is 0 Å². The molecule has 1 aliphatic rings. The van der Waals surface area contributed by atoms with Gasteiger partial charge in [0.1, 0.15) is 11.5 Å². The van der Waals surface area contributed by atoms with E-state index >= 15 is 0 Å². The smallest absolute Gasteiger partial charge is 0.212 e. The third-order valence-electron chi connectivity index (χ3n) is 5.59. The zero-order valence-corrected chi connectivity index (χ0v) is 19.2. The van der Waals surface area contributed by atoms with Crippen LogP contribution in [0.4, 0.5) is 5.00 Å². The van der Waals surface area contributed by atoms with Crippen LogP contribution in [0.2, 0.25) is 0 Å². The van der Waals surface area contributed by atoms with Gasteiger partial charge in [-0.05, 0) is 44.5 Å². The van der Waals surface area contributed by atoms with Gasteiger partial charge in [0.2, 0.25) is 11.2 Å². The van der Waals surface area contributed by atoms with Crippen molar-refractivity contribution in [2.75, 3.05) is 11.4 Å². The third kappa shape index (κ3) is 3.34. The summed E-state index contributed by atoms with van der Waals surface area (Å²) in [5, 5.41) is 3.98. The van der Waals surface area contributed by atoms with Crippen LogP contribution in [-0.2, 0) is 6.54 Å². The molecule has 2 nitrogen and oxygen atoms in total. The van der Waals surface area contributed by atoms with E-state index in [0.717, 1.165) is 13.1 Å². The molecule has 0 N–H and O–H groups in total. The molecular weight excluding hydrogens is 404 g/mol. The van der Waals surface area contributed by atoms with Crippen LogP contribution < -0.4 is 9.47 Å². The van der Waals surface area contributed by atoms with Crippen LogP contribution in [-0.4, -0.2) is 6.54 Å². The lowest BCUT2D eigenvalue weighted by atomic mass is 10.1. The summed E-state index contributed by atoms with van der Waals surface area (Å²) in [6, 6.07) is 24.3. The largest absolute Gasteiger partial charge is 0.327 e. The van der Waals surface area contributed by atoms with Gasteiger partial charge in [0.05, 0.1) is 5.03 Å². The van der Waals surface area contributed by atoms with E-state index in [2.05, 4.69) is 103 Å². The second kappa shape index (κ2) is 7.93. The van der Waals surface area contributed by atoms with Gasteiger partial charge in [-0.1, -0.05) is 53.7 Å². The topological polar surface area (TPSA) is 7.12 Å². The normalized spacial score (nSPS) is 14.6. The Balaban J connectivity index is 1.54. The van der Waals surface area contributed by atoms with Crippen molar-refractivity contribution in [3.05, 3.63) is 83.0 Å². The SMILES string of the molecule is CCN1/C(=C\c2ccc3cc(C)ccc3[n+]2CC)Sc2cc(-c3ccccc3)sc21. The highest BCUT2D eigenvalue weighted by Gasteiger charge is 2.28. The first-order chi connectivity index (χ1) is 14.7. The maximum absolute atomic E-state index is 2.45. The average Bonchev–Trinajstić information content (AvgIpc) is 3.31. The Kier molecular flexibility index (Phi) is 5.13. The van der Waals surface area contributed by atoms with Crippen molar-refractivity contribution in [3.8, 4) is 10.4 Å². The van der Waals surface area contributed by atoms with Crippen LogP contribution in [0.15, 0.2) is 76.7 Å². The molecule has 0 saturated heterocycles. The number of benzene rings is 2. The molecule has 5 rings (SSSR count). The van der Waals surface area contributed by atoms with Gasteiger partial charge < -0.3 is 4.90 Å². The number of hydrogen-bond donors (Lipinski definition) is 0. The van der Waals surface area contributed by atoms with Gasteiger partial charge in [0, 0.05) is 39.9 Å². The molecule has 0 spiro atoms. The molecule has 4 aromatic rings. The molecule has 3 heterocycles. The average molecular weight is 430 g/mol. The molecule has 0 amide bonds. The fourth-order valence-electron chi connectivity index (χ4n) is 4.11. The molecule has 4 heteroatoms. The van der Waals surface area contributed by atoms with E-state index in [1.165, 1.54) is 47.5 Å². The van der Waals surface area contributed by atoms with E-state index in [1.54, 1.807) is 0 Å². The molecule has 0 bridgehead atoms. The summed E-state index contributed by atoms with van der Waals surface area (Å²) in [5.74, 6) is 0. The first kappa shape index (κ1) is 19.4. The van der Waals surface area contributed by atoms with Crippen molar-refractivity contribution in [2.24, 2.45) is 0 Å². The van der Waals surface area contributed by atoms with Crippen molar-refractivity contribution in [1.29, 1.82) is 0 Å². The minimum Gasteiger partial charge on any atom is -0.327 e. The fourth-order valence-corrected chi connectivity index (χ4v) is 6.74. The number of hydrogen-bond acceptors (Lipinski definition) is 3. The highest BCUT2D eigenvalue weighted by molar-refractivity contribution is 8.04. The standard InChI is InChI=1S/C26H25N2S2/c1-4-27-21(13-12-20-15-18(3)11-14-22(20)27)16-25-28(5-2)26-24(29-25)17-23(30-26)19-9-7-6-8-10-19/h6-17H,4-5H2,1-3H3/q+1. The Bertz CT molecular complexity index is 1260. The van der Waals surface area contributed by atoms with Crippen molar-refractivity contribution in [1.82, 2.24) is 0 Å². The zero-order valence-electron chi connectivity index (χ0n) is 17.6. The van der Waals surface area contributed by atoms with E-state index in [4.69, 9.17) is 0 Å². The van der Waals surface area contributed by atoms with Gasteiger partial charge in [-0.25, -0.2) is 0 Å². The summed E-state index contributed by atoms with van der Waals surface area (Å²) >= 11 is 3.78. The maximum Gasteiger partial charge on any atom is 0.212 e. The van der Waals surface area contributed by atoms with Crippen LogP contribution in [0.5, 0.6) is 0 Å². The first-order valence-corrected chi connectivity index (χ1v) is 12.1. The Morgan fingerprint density at radius 2 is 1.80 bits per heavy atom. The Hall–Kier alpha value is -2.56. The molecule has 0 saturated carbocycles. The maximum atomic E-state index is 2.45. The lowest BCUT2D eigenvalue weighted by Gasteiger charge is -2.16. The monoisotopic (exact) mass is 429 g/mol. The number of aromatic nitrogens is 1. The summed E-state index contributed by atoms with van der Waals surface area (Å²) in [6.07, 6.45) is 2.35. The van der Waals surface area contributed by atoms with E-state index in [1.807, 2.05) is 23.1 Å². The molecule has 0 radical (unpaired) electrons. The Labute approximate surface area is 186 Å². The number of pyridine rings is 1. The second-order valence-electron chi connectivity index (χ2n) is 7.54. The van der Waals surface area contributed by atoms with E-state index in [-0.39, 0.29) is 0 Å². The summed E-state index contributed by atoms with van der Waals surface area (Å²) in [5.41, 5.74) is 5.16. The molecule has 30 heavy (non-hydrogen) atoms. The number of rotatable bonds is 4. The fraction of sp³-hybridized carbons (Fsp3) is 0.192. The van der Waals surface area contributed by atoms with Crippen LogP contribution in [0, 0.1) is 6.92 Å².